The van der Waals surface area contributed by atoms with E-state index in [2.05, 4.69) is 5.32 Å². The third-order valence-corrected chi connectivity index (χ3v) is 3.40. The van der Waals surface area contributed by atoms with Gasteiger partial charge in [0.2, 0.25) is 0 Å². The molecule has 0 saturated heterocycles. The van der Waals surface area contributed by atoms with Crippen LogP contribution < -0.4 is 16.0 Å². The highest BCUT2D eigenvalue weighted by Gasteiger charge is 2.10. The second kappa shape index (κ2) is 5.87. The number of hydrogen-bond donors (Lipinski definition) is 2. The minimum Gasteiger partial charge on any atom is -0.397 e. The highest BCUT2D eigenvalue weighted by Crippen LogP contribution is 2.23. The molecular formula is C17H21N3O. The van der Waals surface area contributed by atoms with Gasteiger partial charge in [-0.1, -0.05) is 17.7 Å². The minimum absolute atomic E-state index is 0.154. The summed E-state index contributed by atoms with van der Waals surface area (Å²) in [7, 11) is 3.84. The molecule has 0 unspecified atom stereocenters. The van der Waals surface area contributed by atoms with Gasteiger partial charge in [-0.3, -0.25) is 4.79 Å². The van der Waals surface area contributed by atoms with E-state index in [-0.39, 0.29) is 5.91 Å². The molecule has 0 aliphatic carbocycles. The van der Waals surface area contributed by atoms with Gasteiger partial charge < -0.3 is 16.0 Å². The number of aryl methyl sites for hydroxylation is 2. The van der Waals surface area contributed by atoms with Crippen LogP contribution in [0.15, 0.2) is 36.4 Å². The summed E-state index contributed by atoms with van der Waals surface area (Å²) in [4.78, 5) is 14.2. The van der Waals surface area contributed by atoms with E-state index < -0.39 is 0 Å². The summed E-state index contributed by atoms with van der Waals surface area (Å²) in [5, 5.41) is 2.92. The molecule has 0 heterocycles. The molecule has 0 aromatic heterocycles. The van der Waals surface area contributed by atoms with Crippen molar-refractivity contribution >= 4 is 23.0 Å². The first-order valence-corrected chi connectivity index (χ1v) is 6.84. The smallest absolute Gasteiger partial charge is 0.255 e. The van der Waals surface area contributed by atoms with Crippen LogP contribution >= 0.6 is 0 Å². The number of rotatable bonds is 3. The molecule has 110 valence electrons. The standard InChI is InChI=1S/C17H21N3O/c1-11-5-7-15(12(2)9-11)19-17(21)13-6-8-16(20(3)4)14(18)10-13/h5-10H,18H2,1-4H3,(H,19,21). The Bertz CT molecular complexity index is 678. The van der Waals surface area contributed by atoms with Crippen molar-refractivity contribution in [3.63, 3.8) is 0 Å². The normalized spacial score (nSPS) is 10.3. The van der Waals surface area contributed by atoms with E-state index in [1.165, 1.54) is 5.56 Å². The maximum Gasteiger partial charge on any atom is 0.255 e. The second-order valence-corrected chi connectivity index (χ2v) is 5.44. The van der Waals surface area contributed by atoms with Gasteiger partial charge in [-0.2, -0.15) is 0 Å². The van der Waals surface area contributed by atoms with Gasteiger partial charge in [0.1, 0.15) is 0 Å². The molecule has 2 rings (SSSR count). The number of amides is 1. The van der Waals surface area contributed by atoms with Crippen molar-refractivity contribution in [2.24, 2.45) is 0 Å². The maximum atomic E-state index is 12.3. The zero-order chi connectivity index (χ0) is 15.6. The van der Waals surface area contributed by atoms with Crippen LogP contribution in [0, 0.1) is 13.8 Å². The fourth-order valence-electron chi connectivity index (χ4n) is 2.25. The van der Waals surface area contributed by atoms with E-state index in [1.807, 2.05) is 57.1 Å². The lowest BCUT2D eigenvalue weighted by Gasteiger charge is -2.16. The van der Waals surface area contributed by atoms with E-state index >= 15 is 0 Å². The van der Waals surface area contributed by atoms with Crippen molar-refractivity contribution in [1.29, 1.82) is 0 Å². The number of nitrogens with zero attached hydrogens (tertiary/aromatic N) is 1. The average molecular weight is 283 g/mol. The molecule has 4 heteroatoms. The zero-order valence-electron chi connectivity index (χ0n) is 12.9. The van der Waals surface area contributed by atoms with Gasteiger partial charge in [-0.15, -0.1) is 0 Å². The van der Waals surface area contributed by atoms with Gasteiger partial charge in [0.25, 0.3) is 5.91 Å². The number of nitrogen functional groups attached to an aromatic ring is 1. The van der Waals surface area contributed by atoms with E-state index in [9.17, 15) is 4.79 Å². The molecule has 2 aromatic rings. The molecule has 0 radical (unpaired) electrons. The molecule has 4 nitrogen and oxygen atoms in total. The highest BCUT2D eigenvalue weighted by atomic mass is 16.1. The molecule has 2 aromatic carbocycles. The summed E-state index contributed by atoms with van der Waals surface area (Å²) < 4.78 is 0. The van der Waals surface area contributed by atoms with E-state index in [0.717, 1.165) is 16.9 Å². The van der Waals surface area contributed by atoms with Gasteiger partial charge in [-0.05, 0) is 43.7 Å². The third kappa shape index (κ3) is 3.34. The number of carbonyl (C=O) groups excluding carboxylic acids is 1. The van der Waals surface area contributed by atoms with Gasteiger partial charge in [0, 0.05) is 25.3 Å². The lowest BCUT2D eigenvalue weighted by molar-refractivity contribution is 0.102. The molecule has 0 bridgehead atoms. The van der Waals surface area contributed by atoms with Crippen molar-refractivity contribution in [3.05, 3.63) is 53.1 Å². The Labute approximate surface area is 125 Å². The van der Waals surface area contributed by atoms with Crippen LogP contribution in [0.2, 0.25) is 0 Å². The topological polar surface area (TPSA) is 58.4 Å². The summed E-state index contributed by atoms with van der Waals surface area (Å²) in [6.45, 7) is 4.01. The van der Waals surface area contributed by atoms with Crippen LogP contribution in [0.3, 0.4) is 0 Å². The summed E-state index contributed by atoms with van der Waals surface area (Å²) in [5.74, 6) is -0.154. The molecule has 0 aliphatic heterocycles. The van der Waals surface area contributed by atoms with Gasteiger partial charge in [0.15, 0.2) is 0 Å². The predicted octanol–water partition coefficient (Wildman–Crippen LogP) is 3.20. The van der Waals surface area contributed by atoms with E-state index in [4.69, 9.17) is 5.73 Å². The zero-order valence-corrected chi connectivity index (χ0v) is 12.9. The lowest BCUT2D eigenvalue weighted by Crippen LogP contribution is -2.15. The molecule has 0 fully saturated rings. The fourth-order valence-corrected chi connectivity index (χ4v) is 2.25. The average Bonchev–Trinajstić information content (AvgIpc) is 2.41. The van der Waals surface area contributed by atoms with Crippen LogP contribution in [0.25, 0.3) is 0 Å². The summed E-state index contributed by atoms with van der Waals surface area (Å²) >= 11 is 0. The Morgan fingerprint density at radius 3 is 2.38 bits per heavy atom. The Balaban J connectivity index is 2.22. The Morgan fingerprint density at radius 2 is 1.81 bits per heavy atom. The van der Waals surface area contributed by atoms with Crippen molar-refractivity contribution in [1.82, 2.24) is 0 Å². The number of nitrogens with one attached hydrogen (secondary N) is 1. The Morgan fingerprint density at radius 1 is 1.10 bits per heavy atom. The Hall–Kier alpha value is -2.49. The van der Waals surface area contributed by atoms with Crippen molar-refractivity contribution in [2.75, 3.05) is 30.0 Å². The summed E-state index contributed by atoms with van der Waals surface area (Å²) in [6.07, 6.45) is 0. The highest BCUT2D eigenvalue weighted by molar-refractivity contribution is 6.05. The Kier molecular flexibility index (Phi) is 4.17. The minimum atomic E-state index is -0.154. The fraction of sp³-hybridized carbons (Fsp3) is 0.235. The van der Waals surface area contributed by atoms with Crippen LogP contribution in [-0.2, 0) is 0 Å². The molecule has 0 aliphatic rings. The number of nitrogens with two attached hydrogens (primary N) is 1. The molecule has 0 atom stereocenters. The second-order valence-electron chi connectivity index (χ2n) is 5.44. The van der Waals surface area contributed by atoms with Crippen LogP contribution in [0.1, 0.15) is 21.5 Å². The molecule has 1 amide bonds. The SMILES string of the molecule is Cc1ccc(NC(=O)c2ccc(N(C)C)c(N)c2)c(C)c1. The first-order valence-electron chi connectivity index (χ1n) is 6.84. The van der Waals surface area contributed by atoms with Gasteiger partial charge in [0.05, 0.1) is 11.4 Å². The molecule has 21 heavy (non-hydrogen) atoms. The third-order valence-electron chi connectivity index (χ3n) is 3.40. The van der Waals surface area contributed by atoms with Crippen molar-refractivity contribution in [2.45, 2.75) is 13.8 Å². The van der Waals surface area contributed by atoms with Gasteiger partial charge >= 0.3 is 0 Å². The van der Waals surface area contributed by atoms with Gasteiger partial charge in [-0.25, -0.2) is 0 Å². The number of hydrogen-bond acceptors (Lipinski definition) is 3. The number of carbonyl (C=O) groups is 1. The molecule has 0 saturated carbocycles. The largest absolute Gasteiger partial charge is 0.397 e. The van der Waals surface area contributed by atoms with Crippen LogP contribution in [-0.4, -0.2) is 20.0 Å². The molecule has 0 spiro atoms. The van der Waals surface area contributed by atoms with E-state index in [0.29, 0.717) is 11.3 Å². The molecule has 3 N–H and O–H groups in total. The maximum absolute atomic E-state index is 12.3. The molecular weight excluding hydrogens is 262 g/mol. The quantitative estimate of drug-likeness (QED) is 0.850. The van der Waals surface area contributed by atoms with Crippen LogP contribution in [0.5, 0.6) is 0 Å². The lowest BCUT2D eigenvalue weighted by atomic mass is 10.1. The number of benzene rings is 2. The monoisotopic (exact) mass is 283 g/mol. The van der Waals surface area contributed by atoms with Crippen LogP contribution in [0.4, 0.5) is 17.1 Å². The van der Waals surface area contributed by atoms with E-state index in [1.54, 1.807) is 12.1 Å². The first kappa shape index (κ1) is 14.9. The summed E-state index contributed by atoms with van der Waals surface area (Å²) in [5.41, 5.74) is 11.1. The summed E-state index contributed by atoms with van der Waals surface area (Å²) in [6, 6.07) is 11.3. The van der Waals surface area contributed by atoms with Crippen molar-refractivity contribution < 1.29 is 4.79 Å². The number of anilines is 3. The van der Waals surface area contributed by atoms with Crippen molar-refractivity contribution in [3.8, 4) is 0 Å². The first-order chi connectivity index (χ1) is 9.88. The predicted molar refractivity (Wildman–Crippen MR) is 89.1 cm³/mol.